The third-order valence-corrected chi connectivity index (χ3v) is 15.7. The van der Waals surface area contributed by atoms with Crippen LogP contribution in [-0.2, 0) is 38.9 Å². The van der Waals surface area contributed by atoms with Crippen molar-refractivity contribution in [2.75, 3.05) is 17.2 Å². The fraction of sp³-hybridized carbons (Fsp3) is 0.171. The van der Waals surface area contributed by atoms with Gasteiger partial charge in [-0.05, 0) is 199 Å². The van der Waals surface area contributed by atoms with Crippen LogP contribution in [0.15, 0.2) is 165 Å². The Hall–Kier alpha value is -13.0. The van der Waals surface area contributed by atoms with Gasteiger partial charge in [0.15, 0.2) is 0 Å². The van der Waals surface area contributed by atoms with Gasteiger partial charge in [-0.25, -0.2) is 34.3 Å². The fourth-order valence-corrected chi connectivity index (χ4v) is 10.8. The Morgan fingerprint density at radius 1 is 0.429 bits per heavy atom. The van der Waals surface area contributed by atoms with E-state index in [1.54, 1.807) is 79.5 Å². The molecule has 12 aromatic rings. The molecule has 98 heavy (non-hydrogen) atoms. The number of nitrogens with one attached hydrogen (secondary N) is 2. The van der Waals surface area contributed by atoms with Gasteiger partial charge in [-0.1, -0.05) is 43.8 Å². The number of nitrogen functional groups attached to an aromatic ring is 3. The predicted molar refractivity (Wildman–Crippen MR) is 383 cm³/mol. The Labute approximate surface area is 567 Å². The van der Waals surface area contributed by atoms with Crippen LogP contribution >= 0.6 is 0 Å². The Morgan fingerprint density at radius 3 is 1.05 bits per heavy atom. The number of amides is 2. The van der Waals surface area contributed by atoms with Crippen molar-refractivity contribution in [3.05, 3.63) is 300 Å². The molecule has 0 aliphatic heterocycles. The van der Waals surface area contributed by atoms with E-state index in [1.807, 2.05) is 114 Å². The van der Waals surface area contributed by atoms with Crippen LogP contribution in [0.4, 0.5) is 34.5 Å². The third kappa shape index (κ3) is 18.7. The first-order chi connectivity index (χ1) is 46.6. The van der Waals surface area contributed by atoms with Crippen molar-refractivity contribution in [2.45, 2.75) is 87.9 Å². The number of carboxylic acids is 1. The number of hydrogen-bond donors (Lipinski definition) is 7. The van der Waals surface area contributed by atoms with E-state index >= 15 is 0 Å². The zero-order valence-electron chi connectivity index (χ0n) is 54.2. The van der Waals surface area contributed by atoms with E-state index in [0.29, 0.717) is 90.2 Å². The lowest BCUT2D eigenvalue weighted by Crippen LogP contribution is -2.24. The zero-order valence-corrected chi connectivity index (χ0v) is 54.2. The van der Waals surface area contributed by atoms with Crippen LogP contribution in [0.2, 0.25) is 0 Å². The van der Waals surface area contributed by atoms with Crippen LogP contribution in [0.5, 0.6) is 0 Å². The number of carbonyl (C=O) groups excluding carboxylic acids is 2. The number of hydrogen-bond acceptors (Lipinski definition) is 16. The Bertz CT molecular complexity index is 4830. The van der Waals surface area contributed by atoms with Crippen LogP contribution in [0.1, 0.15) is 123 Å². The van der Waals surface area contributed by atoms with Crippen molar-refractivity contribution in [2.24, 2.45) is 5.73 Å². The van der Waals surface area contributed by atoms with E-state index < -0.39 is 5.97 Å². The van der Waals surface area contributed by atoms with Crippen molar-refractivity contribution in [3.8, 4) is 0 Å². The van der Waals surface area contributed by atoms with Gasteiger partial charge in [0.05, 0.1) is 41.8 Å². The van der Waals surface area contributed by atoms with Gasteiger partial charge >= 0.3 is 5.97 Å². The van der Waals surface area contributed by atoms with Gasteiger partial charge in [-0.15, -0.1) is 0 Å². The maximum absolute atomic E-state index is 12.7. The normalized spacial score (nSPS) is 10.4. The first kappa shape index (κ1) is 70.9. The quantitative estimate of drug-likeness (QED) is 0.0497. The summed E-state index contributed by atoms with van der Waals surface area (Å²) in [5.74, 6) is 0.208. The number of anilines is 3. The van der Waals surface area contributed by atoms with E-state index in [0.717, 1.165) is 111 Å². The Kier molecular flexibility index (Phi) is 23.7. The molecular weight excluding hydrogens is 1230 g/mol. The highest BCUT2D eigenvalue weighted by Gasteiger charge is 2.15. The molecule has 0 aliphatic carbocycles. The largest absolute Gasteiger partial charge is 0.478 e. The molecule has 22 nitrogen and oxygen atoms in total. The van der Waals surface area contributed by atoms with Crippen molar-refractivity contribution in [1.29, 1.82) is 0 Å². The molecular formula is C76H72N18O4. The standard InChI is InChI=1S/2C25H22N6O.C17H11N3O2.C8H13N3.CH4/c2*1-15-8-24(26)31-16(2)22(15)14-30-25(32)18-6-7-28-20(11-18)10-17-4-5-23-19(9-17)12-21(27-3)13-29-23;1-18-15-9-13-6-11(2-3-16(13)20-10-15)7-14-8-12(17(21)22)4-5-19-14;1-5-3-8(10)11-6(2)7(5)4-9;/h2*4-9,11-13H,10,14H2,1-2H3,(H2,26,31)(H,30,32);2-6,8-10H,7H2,(H,21,22);3H,4,9H2,1-2H3,(H2,10,11);1H4. The summed E-state index contributed by atoms with van der Waals surface area (Å²) >= 11 is 0. The van der Waals surface area contributed by atoms with Gasteiger partial charge in [0.2, 0.25) is 17.1 Å². The number of pyridine rings is 9. The van der Waals surface area contributed by atoms with Gasteiger partial charge in [0.25, 0.3) is 11.8 Å². The van der Waals surface area contributed by atoms with Gasteiger partial charge < -0.3 is 38.7 Å². The molecule has 0 radical (unpaired) electrons. The number of nitrogens with zero attached hydrogens (tertiary/aromatic N) is 12. The lowest BCUT2D eigenvalue weighted by molar-refractivity contribution is 0.0696. The van der Waals surface area contributed by atoms with Crippen molar-refractivity contribution in [3.63, 3.8) is 0 Å². The SMILES string of the molecule is C.Cc1cc(N)nc(C)c1CN.[C-]#[N+]c1cnc2ccc(Cc3cc(C(=O)NCc4c(C)cc(N)nc4C)ccn3)cc2c1.[C-]#[N+]c1cnc2ccc(Cc3cc(C(=O)NCc4c(C)cc(N)nc4C)ccn3)cc2c1.[C-]#[N+]c1cnc2ccc(Cc3cc(C(=O)O)ccn3)cc2c1. The molecule has 2 amide bonds. The molecule has 0 fully saturated rings. The summed E-state index contributed by atoms with van der Waals surface area (Å²) in [6, 6.07) is 38.6. The smallest absolute Gasteiger partial charge is 0.335 e. The van der Waals surface area contributed by atoms with E-state index in [-0.39, 0.29) is 24.8 Å². The van der Waals surface area contributed by atoms with Crippen LogP contribution in [0.25, 0.3) is 47.2 Å². The summed E-state index contributed by atoms with van der Waals surface area (Å²) < 4.78 is 0. The lowest BCUT2D eigenvalue weighted by Gasteiger charge is -2.12. The number of aromatic carboxylic acids is 1. The second kappa shape index (κ2) is 32.7. The molecule has 0 saturated carbocycles. The second-order valence-corrected chi connectivity index (χ2v) is 22.8. The molecule has 0 saturated heterocycles. The van der Waals surface area contributed by atoms with Gasteiger partial charge in [0, 0.05) is 121 Å². The van der Waals surface area contributed by atoms with Crippen molar-refractivity contribution < 1.29 is 19.5 Å². The second-order valence-electron chi connectivity index (χ2n) is 22.8. The summed E-state index contributed by atoms with van der Waals surface area (Å²) in [4.78, 5) is 85.3. The average molecular weight is 1300 g/mol. The average Bonchev–Trinajstić information content (AvgIpc) is 0.874. The molecule has 0 atom stereocenters. The number of aryl methyl sites for hydroxylation is 6. The van der Waals surface area contributed by atoms with Gasteiger partial charge in [-0.2, -0.15) is 0 Å². The molecule has 9 aromatic heterocycles. The molecule has 0 spiro atoms. The summed E-state index contributed by atoms with van der Waals surface area (Å²) in [5.41, 5.74) is 42.0. The highest BCUT2D eigenvalue weighted by Crippen LogP contribution is 2.26. The monoisotopic (exact) mass is 1300 g/mol. The number of nitrogens with two attached hydrogens (primary N) is 4. The molecule has 9 heterocycles. The maximum atomic E-state index is 12.7. The molecule has 490 valence electrons. The van der Waals surface area contributed by atoms with Gasteiger partial charge in [0.1, 0.15) is 17.5 Å². The number of fused-ring (bicyclic) bond motifs is 3. The number of carboxylic acid groups (broad SMARTS) is 1. The predicted octanol–water partition coefficient (Wildman–Crippen LogP) is 13.4. The van der Waals surface area contributed by atoms with E-state index in [2.05, 4.69) is 70.0 Å². The van der Waals surface area contributed by atoms with E-state index in [9.17, 15) is 14.4 Å². The molecule has 22 heteroatoms. The molecule has 0 aliphatic rings. The number of benzene rings is 3. The van der Waals surface area contributed by atoms with Gasteiger partial charge in [-0.3, -0.25) is 39.5 Å². The van der Waals surface area contributed by atoms with Crippen LogP contribution in [-0.4, -0.2) is 67.7 Å². The first-order valence-corrected chi connectivity index (χ1v) is 30.5. The first-order valence-electron chi connectivity index (χ1n) is 30.5. The molecule has 0 bridgehead atoms. The van der Waals surface area contributed by atoms with E-state index in [1.165, 1.54) is 12.3 Å². The van der Waals surface area contributed by atoms with Crippen molar-refractivity contribution in [1.82, 2.24) is 55.5 Å². The molecule has 3 aromatic carbocycles. The highest BCUT2D eigenvalue weighted by molar-refractivity contribution is 5.95. The minimum Gasteiger partial charge on any atom is -0.478 e. The van der Waals surface area contributed by atoms with Crippen molar-refractivity contribution >= 4 is 85.0 Å². The lowest BCUT2D eigenvalue weighted by atomic mass is 10.0. The minimum absolute atomic E-state index is 0. The fourth-order valence-electron chi connectivity index (χ4n) is 10.8. The summed E-state index contributed by atoms with van der Waals surface area (Å²) in [6.07, 6.45) is 11.1. The summed E-state index contributed by atoms with van der Waals surface area (Å²) in [6.45, 7) is 34.2. The third-order valence-electron chi connectivity index (χ3n) is 15.7. The molecule has 11 N–H and O–H groups in total. The molecule has 12 rings (SSSR count). The number of carbonyl (C=O) groups is 3. The van der Waals surface area contributed by atoms with E-state index in [4.69, 9.17) is 47.8 Å². The topological polar surface area (TPSA) is 329 Å². The molecule has 0 unspecified atom stereocenters. The zero-order chi connectivity index (χ0) is 69.3. The minimum atomic E-state index is -0.965. The van der Waals surface area contributed by atoms with Crippen LogP contribution in [0.3, 0.4) is 0 Å². The van der Waals surface area contributed by atoms with Crippen LogP contribution in [0, 0.1) is 61.3 Å². The Balaban J connectivity index is 0.000000175. The highest BCUT2D eigenvalue weighted by atomic mass is 16.4. The number of aromatic nitrogens is 9. The summed E-state index contributed by atoms with van der Waals surface area (Å²) in [5, 5.41) is 17.6. The summed E-state index contributed by atoms with van der Waals surface area (Å²) in [7, 11) is 0. The maximum Gasteiger partial charge on any atom is 0.335 e. The Morgan fingerprint density at radius 2 is 0.745 bits per heavy atom. The number of rotatable bonds is 14. The van der Waals surface area contributed by atoms with Crippen LogP contribution < -0.4 is 33.6 Å².